The van der Waals surface area contributed by atoms with Crippen molar-refractivity contribution in [2.45, 2.75) is 45.2 Å². The number of nitrogens with one attached hydrogen (secondary N) is 2. The molecule has 208 valence electrons. The molecule has 41 heavy (non-hydrogen) atoms. The van der Waals surface area contributed by atoms with E-state index in [-0.39, 0.29) is 17.9 Å². The number of carboxylic acids is 1. The molecule has 4 aromatic rings. The van der Waals surface area contributed by atoms with Crippen molar-refractivity contribution in [1.82, 2.24) is 35.3 Å². The molecule has 2 unspecified atom stereocenters. The number of anilines is 1. The van der Waals surface area contributed by atoms with Crippen molar-refractivity contribution in [3.63, 3.8) is 0 Å². The van der Waals surface area contributed by atoms with Gasteiger partial charge in [-0.3, -0.25) is 14.6 Å². The Kier molecular flexibility index (Phi) is 7.96. The molecule has 0 radical (unpaired) electrons. The topological polar surface area (TPSA) is 172 Å². The number of benzene rings is 1. The first-order chi connectivity index (χ1) is 19.8. The van der Waals surface area contributed by atoms with Crippen molar-refractivity contribution < 1.29 is 14.7 Å². The zero-order chi connectivity index (χ0) is 28.9. The molecule has 0 spiro atoms. The van der Waals surface area contributed by atoms with Crippen molar-refractivity contribution in [3.8, 4) is 28.7 Å². The molecule has 1 fully saturated rings. The zero-order valence-corrected chi connectivity index (χ0v) is 22.7. The quantitative estimate of drug-likeness (QED) is 0.266. The lowest BCUT2D eigenvalue weighted by Gasteiger charge is -2.16. The minimum absolute atomic E-state index is 0.0133. The second kappa shape index (κ2) is 11.9. The van der Waals surface area contributed by atoms with Crippen molar-refractivity contribution in [3.05, 3.63) is 71.7 Å². The number of carboxylic acid groups (broad SMARTS) is 1. The van der Waals surface area contributed by atoms with Gasteiger partial charge in [0.15, 0.2) is 0 Å². The van der Waals surface area contributed by atoms with Crippen LogP contribution in [0.5, 0.6) is 0 Å². The first-order valence-corrected chi connectivity index (χ1v) is 13.3. The molecule has 1 aliphatic heterocycles. The first kappa shape index (κ1) is 27.4. The monoisotopic (exact) mass is 551 g/mol. The van der Waals surface area contributed by atoms with Crippen LogP contribution in [-0.4, -0.2) is 59.5 Å². The Morgan fingerprint density at radius 2 is 1.95 bits per heavy atom. The van der Waals surface area contributed by atoms with Gasteiger partial charge in [0.25, 0.3) is 0 Å². The number of aliphatic carboxylic acids is 1. The van der Waals surface area contributed by atoms with Crippen LogP contribution in [0, 0.1) is 17.2 Å². The van der Waals surface area contributed by atoms with E-state index in [1.165, 1.54) is 0 Å². The average Bonchev–Trinajstić information content (AvgIpc) is 3.60. The van der Waals surface area contributed by atoms with E-state index in [0.717, 1.165) is 12.0 Å². The molecule has 1 saturated heterocycles. The zero-order valence-electron chi connectivity index (χ0n) is 22.7. The third kappa shape index (κ3) is 6.52. The third-order valence-electron chi connectivity index (χ3n) is 6.81. The summed E-state index contributed by atoms with van der Waals surface area (Å²) in [6.07, 6.45) is 2.97. The highest BCUT2D eigenvalue weighted by molar-refractivity contribution is 5.78. The molecule has 1 aliphatic rings. The van der Waals surface area contributed by atoms with E-state index >= 15 is 0 Å². The van der Waals surface area contributed by atoms with Crippen molar-refractivity contribution >= 4 is 17.8 Å². The lowest BCUT2D eigenvalue weighted by molar-refractivity contribution is -0.140. The van der Waals surface area contributed by atoms with Crippen LogP contribution < -0.4 is 10.6 Å². The van der Waals surface area contributed by atoms with Gasteiger partial charge in [-0.05, 0) is 42.7 Å². The smallest absolute Gasteiger partial charge is 0.312 e. The van der Waals surface area contributed by atoms with Gasteiger partial charge in [-0.1, -0.05) is 37.3 Å². The maximum absolute atomic E-state index is 11.8. The Balaban J connectivity index is 1.42. The Morgan fingerprint density at radius 1 is 1.15 bits per heavy atom. The van der Waals surface area contributed by atoms with Gasteiger partial charge in [-0.2, -0.15) is 5.26 Å². The fourth-order valence-corrected chi connectivity index (χ4v) is 4.77. The van der Waals surface area contributed by atoms with E-state index < -0.39 is 11.9 Å². The SMILES string of the molecule is CC(C)C(C(=O)O)c1cccc(Cn2cc(-c3cc(-c4cccc(C#N)c4)nc(NCC4CCC(=O)N4)n3)nn2)n1. The maximum atomic E-state index is 11.8. The predicted molar refractivity (Wildman–Crippen MR) is 149 cm³/mol. The minimum atomic E-state index is -0.910. The van der Waals surface area contributed by atoms with Gasteiger partial charge in [0.1, 0.15) is 11.6 Å². The van der Waals surface area contributed by atoms with E-state index in [1.807, 2.05) is 26.0 Å². The molecule has 0 bridgehead atoms. The summed E-state index contributed by atoms with van der Waals surface area (Å²) in [5.41, 5.74) is 4.04. The van der Waals surface area contributed by atoms with Crippen LogP contribution in [0.25, 0.3) is 22.6 Å². The molecular weight excluding hydrogens is 522 g/mol. The van der Waals surface area contributed by atoms with Gasteiger partial charge in [-0.25, -0.2) is 14.6 Å². The molecule has 3 aromatic heterocycles. The highest BCUT2D eigenvalue weighted by atomic mass is 16.4. The molecule has 1 amide bonds. The van der Waals surface area contributed by atoms with Crippen LogP contribution in [0.15, 0.2) is 54.7 Å². The number of hydrogen-bond acceptors (Lipinski definition) is 9. The molecule has 12 heteroatoms. The first-order valence-electron chi connectivity index (χ1n) is 13.3. The van der Waals surface area contributed by atoms with Crippen LogP contribution in [0.4, 0.5) is 5.95 Å². The predicted octanol–water partition coefficient (Wildman–Crippen LogP) is 3.23. The van der Waals surface area contributed by atoms with E-state index in [2.05, 4.69) is 42.0 Å². The summed E-state index contributed by atoms with van der Waals surface area (Å²) in [4.78, 5) is 37.3. The number of rotatable bonds is 10. The molecule has 4 heterocycles. The standard InChI is InChI=1S/C29H29N9O3/c1-17(2)27(28(40)41)22-8-4-7-21(32-22)15-38-16-25(36-37-38)24-12-23(19-6-3-5-18(11-19)13-30)34-29(35-24)31-14-20-9-10-26(39)33-20/h3-8,11-12,16-17,20,27H,9-10,14-15H2,1-2H3,(H,33,39)(H,40,41)(H,31,34,35). The molecule has 12 nitrogen and oxygen atoms in total. The number of amides is 1. The number of hydrogen-bond donors (Lipinski definition) is 3. The molecule has 5 rings (SSSR count). The Labute approximate surface area is 236 Å². The molecular formula is C29H29N9O3. The van der Waals surface area contributed by atoms with Crippen molar-refractivity contribution in [2.75, 3.05) is 11.9 Å². The van der Waals surface area contributed by atoms with E-state index in [9.17, 15) is 20.0 Å². The van der Waals surface area contributed by atoms with Crippen LogP contribution in [0.3, 0.4) is 0 Å². The highest BCUT2D eigenvalue weighted by Gasteiger charge is 2.25. The molecule has 0 saturated carbocycles. The van der Waals surface area contributed by atoms with Crippen LogP contribution in [0.1, 0.15) is 49.6 Å². The Bertz CT molecular complexity index is 1630. The van der Waals surface area contributed by atoms with E-state index in [0.29, 0.717) is 59.5 Å². The number of nitrogens with zero attached hydrogens (tertiary/aromatic N) is 7. The molecule has 3 N–H and O–H groups in total. The van der Waals surface area contributed by atoms with Crippen LogP contribution in [0.2, 0.25) is 0 Å². The minimum Gasteiger partial charge on any atom is -0.481 e. The molecule has 2 atom stereocenters. The molecule has 0 aliphatic carbocycles. The van der Waals surface area contributed by atoms with Gasteiger partial charge in [0, 0.05) is 24.6 Å². The summed E-state index contributed by atoms with van der Waals surface area (Å²) >= 11 is 0. The Hall–Kier alpha value is -5.18. The summed E-state index contributed by atoms with van der Waals surface area (Å²) in [6, 6.07) is 16.4. The largest absolute Gasteiger partial charge is 0.481 e. The van der Waals surface area contributed by atoms with E-state index in [4.69, 9.17) is 0 Å². The van der Waals surface area contributed by atoms with Gasteiger partial charge >= 0.3 is 5.97 Å². The van der Waals surface area contributed by atoms with Crippen LogP contribution >= 0.6 is 0 Å². The summed E-state index contributed by atoms with van der Waals surface area (Å²) < 4.78 is 1.62. The Morgan fingerprint density at radius 3 is 2.68 bits per heavy atom. The summed E-state index contributed by atoms with van der Waals surface area (Å²) in [5, 5.41) is 33.7. The number of aromatic nitrogens is 6. The lowest BCUT2D eigenvalue weighted by atomic mass is 9.92. The number of pyridine rings is 1. The summed E-state index contributed by atoms with van der Waals surface area (Å²) in [7, 11) is 0. The normalized spacial score (nSPS) is 15.4. The third-order valence-corrected chi connectivity index (χ3v) is 6.81. The number of carbonyl (C=O) groups excluding carboxylic acids is 1. The highest BCUT2D eigenvalue weighted by Crippen LogP contribution is 2.26. The molecule has 1 aromatic carbocycles. The number of carbonyl (C=O) groups is 2. The fourth-order valence-electron chi connectivity index (χ4n) is 4.77. The van der Waals surface area contributed by atoms with Crippen molar-refractivity contribution in [2.24, 2.45) is 5.92 Å². The van der Waals surface area contributed by atoms with Gasteiger partial charge in [0.2, 0.25) is 11.9 Å². The van der Waals surface area contributed by atoms with Gasteiger partial charge < -0.3 is 15.7 Å². The fraction of sp³-hybridized carbons (Fsp3) is 0.310. The second-order valence-corrected chi connectivity index (χ2v) is 10.3. The summed E-state index contributed by atoms with van der Waals surface area (Å²) in [5.74, 6) is -1.34. The van der Waals surface area contributed by atoms with Gasteiger partial charge in [0.05, 0.1) is 47.1 Å². The summed E-state index contributed by atoms with van der Waals surface area (Å²) in [6.45, 7) is 4.47. The van der Waals surface area contributed by atoms with Gasteiger partial charge in [-0.15, -0.1) is 5.10 Å². The maximum Gasteiger partial charge on any atom is 0.312 e. The number of nitriles is 1. The second-order valence-electron chi connectivity index (χ2n) is 10.3. The van der Waals surface area contributed by atoms with Crippen LogP contribution in [-0.2, 0) is 16.1 Å². The lowest BCUT2D eigenvalue weighted by Crippen LogP contribution is -2.32. The van der Waals surface area contributed by atoms with E-state index in [1.54, 1.807) is 47.3 Å². The van der Waals surface area contributed by atoms with Crippen molar-refractivity contribution in [1.29, 1.82) is 5.26 Å². The average molecular weight is 552 g/mol.